The summed E-state index contributed by atoms with van der Waals surface area (Å²) in [5, 5.41) is 8.70. The van der Waals surface area contributed by atoms with Crippen LogP contribution in [0.15, 0.2) is 22.7 Å². The number of anilines is 2. The average molecular weight is 349 g/mol. The lowest BCUT2D eigenvalue weighted by Crippen LogP contribution is -2.21. The minimum Gasteiger partial charge on any atom is -0.493 e. The van der Waals surface area contributed by atoms with E-state index in [1.807, 2.05) is 0 Å². The summed E-state index contributed by atoms with van der Waals surface area (Å²) in [6.45, 7) is 1.69. The molecule has 0 radical (unpaired) electrons. The fourth-order valence-corrected chi connectivity index (χ4v) is 2.12. The predicted octanol–water partition coefficient (Wildman–Crippen LogP) is 1.98. The molecule has 0 aliphatic heterocycles. The lowest BCUT2D eigenvalue weighted by atomic mass is 10.2. The van der Waals surface area contributed by atoms with Crippen molar-refractivity contribution in [3.63, 3.8) is 0 Å². The van der Waals surface area contributed by atoms with Crippen LogP contribution in [0.3, 0.4) is 0 Å². The lowest BCUT2D eigenvalue weighted by molar-refractivity contribution is -0.123. The first-order valence-corrected chi connectivity index (χ1v) is 7.29. The van der Waals surface area contributed by atoms with E-state index in [4.69, 9.17) is 18.7 Å². The van der Waals surface area contributed by atoms with Crippen LogP contribution in [-0.4, -0.2) is 38.3 Å². The summed E-state index contributed by atoms with van der Waals surface area (Å²) in [6.07, 6.45) is -0.386. The summed E-state index contributed by atoms with van der Waals surface area (Å²) < 4.78 is 20.5. The van der Waals surface area contributed by atoms with Crippen LogP contribution in [0.2, 0.25) is 0 Å². The number of hydrogen-bond acceptors (Lipinski definition) is 7. The normalized spacial score (nSPS) is 10.1. The Morgan fingerprint density at radius 3 is 2.08 bits per heavy atom. The van der Waals surface area contributed by atoms with Gasteiger partial charge in [-0.2, -0.15) is 0 Å². The maximum atomic E-state index is 12.0. The van der Waals surface area contributed by atoms with Gasteiger partial charge in [-0.25, -0.2) is 0 Å². The summed E-state index contributed by atoms with van der Waals surface area (Å²) in [7, 11) is 4.42. The molecule has 0 saturated carbocycles. The van der Waals surface area contributed by atoms with Crippen molar-refractivity contribution in [3.05, 3.63) is 24.0 Å². The second-order valence-corrected chi connectivity index (χ2v) is 5.01. The highest BCUT2D eigenvalue weighted by molar-refractivity contribution is 6.07. The first kappa shape index (κ1) is 18.1. The van der Waals surface area contributed by atoms with Crippen LogP contribution in [0.4, 0.5) is 11.5 Å². The number of carbonyl (C=O) groups is 2. The molecule has 0 saturated heterocycles. The van der Waals surface area contributed by atoms with Crippen LogP contribution in [0.5, 0.6) is 17.2 Å². The van der Waals surface area contributed by atoms with Crippen molar-refractivity contribution in [3.8, 4) is 17.2 Å². The molecule has 2 aromatic rings. The molecule has 2 rings (SSSR count). The van der Waals surface area contributed by atoms with E-state index in [9.17, 15) is 9.59 Å². The number of carbonyl (C=O) groups excluding carboxylic acids is 2. The number of nitrogens with one attached hydrogen (secondary N) is 2. The molecule has 0 spiro atoms. The average Bonchev–Trinajstić information content (AvgIpc) is 2.98. The highest BCUT2D eigenvalue weighted by Gasteiger charge is 2.16. The fourth-order valence-electron chi connectivity index (χ4n) is 2.12. The van der Waals surface area contributed by atoms with E-state index in [1.54, 1.807) is 25.1 Å². The van der Waals surface area contributed by atoms with E-state index in [1.165, 1.54) is 21.3 Å². The molecule has 0 aliphatic carbocycles. The van der Waals surface area contributed by atoms with E-state index in [2.05, 4.69) is 15.8 Å². The molecule has 0 atom stereocenters. The van der Waals surface area contributed by atoms with Gasteiger partial charge in [-0.3, -0.25) is 9.59 Å². The van der Waals surface area contributed by atoms with E-state index in [0.717, 1.165) is 0 Å². The van der Waals surface area contributed by atoms with E-state index in [-0.39, 0.29) is 12.2 Å². The highest BCUT2D eigenvalue weighted by Crippen LogP contribution is 2.39. The fraction of sp³-hybridized carbons (Fsp3) is 0.312. The Hall–Kier alpha value is -3.23. The molecule has 1 aromatic heterocycles. The zero-order valence-corrected chi connectivity index (χ0v) is 14.3. The minimum absolute atomic E-state index is 0.253. The Balaban J connectivity index is 2.03. The Morgan fingerprint density at radius 1 is 1.00 bits per heavy atom. The Labute approximate surface area is 144 Å². The molecule has 0 fully saturated rings. The second kappa shape index (κ2) is 8.04. The monoisotopic (exact) mass is 349 g/mol. The van der Waals surface area contributed by atoms with Crippen LogP contribution < -0.4 is 24.8 Å². The molecule has 2 amide bonds. The van der Waals surface area contributed by atoms with E-state index in [0.29, 0.717) is 28.7 Å². The van der Waals surface area contributed by atoms with Crippen molar-refractivity contribution >= 4 is 23.3 Å². The molecule has 0 aliphatic rings. The van der Waals surface area contributed by atoms with Gasteiger partial charge in [-0.15, -0.1) is 0 Å². The Morgan fingerprint density at radius 2 is 1.60 bits per heavy atom. The smallest absolute Gasteiger partial charge is 0.235 e. The number of aromatic nitrogens is 1. The molecule has 0 unspecified atom stereocenters. The van der Waals surface area contributed by atoms with E-state index < -0.39 is 11.8 Å². The largest absolute Gasteiger partial charge is 0.493 e. The standard InChI is InChI=1S/C16H19N3O6/c1-9-5-13(19-25-9)18-15(21)8-14(20)17-10-6-11(22-2)16(24-4)12(7-10)23-3/h5-7H,8H2,1-4H3,(H,17,20)(H,18,19,21). The predicted molar refractivity (Wildman–Crippen MR) is 89.2 cm³/mol. The number of methoxy groups -OCH3 is 3. The zero-order chi connectivity index (χ0) is 18.4. The molecule has 134 valence electrons. The molecule has 0 bridgehead atoms. The Bertz CT molecular complexity index is 746. The van der Waals surface area contributed by atoms with Crippen LogP contribution in [0.1, 0.15) is 12.2 Å². The van der Waals surface area contributed by atoms with Gasteiger partial charge in [-0.05, 0) is 6.92 Å². The zero-order valence-electron chi connectivity index (χ0n) is 14.3. The third-order valence-corrected chi connectivity index (χ3v) is 3.17. The van der Waals surface area contributed by atoms with Crippen LogP contribution >= 0.6 is 0 Å². The van der Waals surface area contributed by atoms with Gasteiger partial charge in [0.25, 0.3) is 0 Å². The third kappa shape index (κ3) is 4.63. The summed E-state index contributed by atoms with van der Waals surface area (Å²) >= 11 is 0. The molecular weight excluding hydrogens is 330 g/mol. The summed E-state index contributed by atoms with van der Waals surface area (Å²) in [5.41, 5.74) is 0.407. The van der Waals surface area contributed by atoms with Crippen molar-refractivity contribution in [2.45, 2.75) is 13.3 Å². The first-order chi connectivity index (χ1) is 12.0. The van der Waals surface area contributed by atoms with Crippen molar-refractivity contribution in [1.82, 2.24) is 5.16 Å². The molecular formula is C16H19N3O6. The number of hydrogen-bond donors (Lipinski definition) is 2. The van der Waals surface area contributed by atoms with Gasteiger partial charge in [0.15, 0.2) is 17.3 Å². The summed E-state index contributed by atoms with van der Waals surface area (Å²) in [4.78, 5) is 23.9. The number of benzene rings is 1. The van der Waals surface area contributed by atoms with Crippen LogP contribution in [-0.2, 0) is 9.59 Å². The van der Waals surface area contributed by atoms with Gasteiger partial charge in [0.2, 0.25) is 17.6 Å². The number of nitrogens with zero attached hydrogens (tertiary/aromatic N) is 1. The summed E-state index contributed by atoms with van der Waals surface area (Å²) in [6, 6.07) is 4.69. The van der Waals surface area contributed by atoms with Crippen molar-refractivity contribution in [2.75, 3.05) is 32.0 Å². The number of amides is 2. The maximum Gasteiger partial charge on any atom is 0.235 e. The molecule has 9 nitrogen and oxygen atoms in total. The quantitative estimate of drug-likeness (QED) is 0.735. The lowest BCUT2D eigenvalue weighted by Gasteiger charge is -2.14. The van der Waals surface area contributed by atoms with Gasteiger partial charge in [0.05, 0.1) is 21.3 Å². The van der Waals surface area contributed by atoms with Crippen molar-refractivity contribution in [2.24, 2.45) is 0 Å². The summed E-state index contributed by atoms with van der Waals surface area (Å²) in [5.74, 6) is 0.965. The first-order valence-electron chi connectivity index (χ1n) is 7.29. The second-order valence-electron chi connectivity index (χ2n) is 5.01. The molecule has 25 heavy (non-hydrogen) atoms. The van der Waals surface area contributed by atoms with Crippen LogP contribution in [0, 0.1) is 6.92 Å². The highest BCUT2D eigenvalue weighted by atomic mass is 16.5. The Kier molecular flexibility index (Phi) is 5.83. The van der Waals surface area contributed by atoms with Crippen LogP contribution in [0.25, 0.3) is 0 Å². The molecule has 9 heteroatoms. The van der Waals surface area contributed by atoms with Crippen molar-refractivity contribution in [1.29, 1.82) is 0 Å². The van der Waals surface area contributed by atoms with Gasteiger partial charge >= 0.3 is 0 Å². The van der Waals surface area contributed by atoms with E-state index >= 15 is 0 Å². The topological polar surface area (TPSA) is 112 Å². The number of aryl methyl sites for hydroxylation is 1. The van der Waals surface area contributed by atoms with Gasteiger partial charge in [0.1, 0.15) is 12.2 Å². The third-order valence-electron chi connectivity index (χ3n) is 3.17. The molecule has 2 N–H and O–H groups in total. The maximum absolute atomic E-state index is 12.0. The van der Waals surface area contributed by atoms with Gasteiger partial charge in [0, 0.05) is 23.9 Å². The molecule has 1 aromatic carbocycles. The SMILES string of the molecule is COc1cc(NC(=O)CC(=O)Nc2cc(C)on2)cc(OC)c1OC. The van der Waals surface area contributed by atoms with Gasteiger partial charge < -0.3 is 29.4 Å². The number of ether oxygens (including phenoxy) is 3. The molecule has 1 heterocycles. The van der Waals surface area contributed by atoms with Crippen molar-refractivity contribution < 1.29 is 28.3 Å². The van der Waals surface area contributed by atoms with Gasteiger partial charge in [-0.1, -0.05) is 5.16 Å². The number of rotatable bonds is 7. The minimum atomic E-state index is -0.516.